The van der Waals surface area contributed by atoms with Gasteiger partial charge in [0.25, 0.3) is 0 Å². The fourth-order valence-electron chi connectivity index (χ4n) is 1.81. The van der Waals surface area contributed by atoms with Gasteiger partial charge in [-0.15, -0.1) is 24.8 Å². The number of hydrogen-bond donors (Lipinski definition) is 1. The summed E-state index contributed by atoms with van der Waals surface area (Å²) in [5.41, 5.74) is 0. The number of hydrogen-bond acceptors (Lipinski definition) is 5. The van der Waals surface area contributed by atoms with Crippen LogP contribution < -0.4 is 5.32 Å². The number of methoxy groups -OCH3 is 1. The zero-order valence-electron chi connectivity index (χ0n) is 9.46. The Hall–Kier alpha value is -0.850. The molecule has 6 nitrogen and oxygen atoms in total. The lowest BCUT2D eigenvalue weighted by Crippen LogP contribution is -2.31. The van der Waals surface area contributed by atoms with E-state index in [1.807, 2.05) is 0 Å². The van der Waals surface area contributed by atoms with E-state index in [0.29, 0.717) is 5.82 Å². The molecule has 1 N–H and O–H groups in total. The number of esters is 1. The summed E-state index contributed by atoms with van der Waals surface area (Å²) in [6.45, 7) is 1.90. The summed E-state index contributed by atoms with van der Waals surface area (Å²) in [5.74, 6) is -0.129. The standard InChI is InChI=1S/C9H14N4O2.2ClH/c1-15-9(14)8-11-6-12-13(8)7-2-4-10-5-3-7;;/h6-7,10H,2-5H2,1H3;2*1H. The van der Waals surface area contributed by atoms with Gasteiger partial charge in [-0.2, -0.15) is 5.10 Å². The van der Waals surface area contributed by atoms with Crippen molar-refractivity contribution >= 4 is 30.8 Å². The molecule has 1 aliphatic rings. The van der Waals surface area contributed by atoms with Crippen LogP contribution in [0.2, 0.25) is 0 Å². The molecule has 0 saturated carbocycles. The third-order valence-corrected chi connectivity index (χ3v) is 2.60. The molecule has 1 fully saturated rings. The van der Waals surface area contributed by atoms with Crippen LogP contribution in [0.25, 0.3) is 0 Å². The minimum atomic E-state index is -0.425. The van der Waals surface area contributed by atoms with Gasteiger partial charge in [-0.1, -0.05) is 0 Å². The molecule has 17 heavy (non-hydrogen) atoms. The first-order valence-corrected chi connectivity index (χ1v) is 5.01. The van der Waals surface area contributed by atoms with E-state index in [1.54, 1.807) is 4.68 Å². The molecule has 0 spiro atoms. The quantitative estimate of drug-likeness (QED) is 0.814. The van der Waals surface area contributed by atoms with Crippen molar-refractivity contribution in [2.45, 2.75) is 18.9 Å². The molecule has 1 aromatic rings. The molecule has 0 bridgehead atoms. The van der Waals surface area contributed by atoms with Gasteiger partial charge in [-0.05, 0) is 25.9 Å². The second kappa shape index (κ2) is 7.47. The van der Waals surface area contributed by atoms with Gasteiger partial charge in [0.05, 0.1) is 13.2 Å². The summed E-state index contributed by atoms with van der Waals surface area (Å²) in [7, 11) is 1.35. The smallest absolute Gasteiger partial charge is 0.375 e. The summed E-state index contributed by atoms with van der Waals surface area (Å²) in [5, 5.41) is 7.35. The van der Waals surface area contributed by atoms with E-state index >= 15 is 0 Å². The van der Waals surface area contributed by atoms with Crippen molar-refractivity contribution in [1.29, 1.82) is 0 Å². The Kier molecular flexibility index (Phi) is 7.10. The average Bonchev–Trinajstić information content (AvgIpc) is 2.78. The third kappa shape index (κ3) is 3.55. The molecule has 2 rings (SSSR count). The van der Waals surface area contributed by atoms with E-state index in [0.717, 1.165) is 25.9 Å². The van der Waals surface area contributed by atoms with Crippen molar-refractivity contribution in [3.8, 4) is 0 Å². The molecular formula is C9H16Cl2N4O2. The number of carbonyl (C=O) groups is 1. The fourth-order valence-corrected chi connectivity index (χ4v) is 1.81. The minimum absolute atomic E-state index is 0. The van der Waals surface area contributed by atoms with Crippen LogP contribution in [-0.2, 0) is 4.74 Å². The van der Waals surface area contributed by atoms with Gasteiger partial charge >= 0.3 is 5.97 Å². The molecule has 0 aromatic carbocycles. The normalized spacial score (nSPS) is 15.6. The molecule has 2 heterocycles. The lowest BCUT2D eigenvalue weighted by atomic mass is 10.1. The van der Waals surface area contributed by atoms with Crippen LogP contribution in [0, 0.1) is 0 Å². The molecule has 98 valence electrons. The maximum atomic E-state index is 11.4. The minimum Gasteiger partial charge on any atom is -0.463 e. The number of piperidine rings is 1. The monoisotopic (exact) mass is 282 g/mol. The molecule has 0 unspecified atom stereocenters. The zero-order chi connectivity index (χ0) is 10.7. The average molecular weight is 283 g/mol. The number of nitrogens with zero attached hydrogens (tertiary/aromatic N) is 3. The second-order valence-corrected chi connectivity index (χ2v) is 3.50. The van der Waals surface area contributed by atoms with Crippen LogP contribution in [0.5, 0.6) is 0 Å². The van der Waals surface area contributed by atoms with Crippen molar-refractivity contribution in [2.24, 2.45) is 0 Å². The van der Waals surface area contributed by atoms with Crippen LogP contribution in [0.1, 0.15) is 29.5 Å². The summed E-state index contributed by atoms with van der Waals surface area (Å²) < 4.78 is 6.32. The fraction of sp³-hybridized carbons (Fsp3) is 0.667. The second-order valence-electron chi connectivity index (χ2n) is 3.50. The first-order valence-electron chi connectivity index (χ1n) is 5.01. The molecule has 1 aromatic heterocycles. The highest BCUT2D eigenvalue weighted by Gasteiger charge is 2.22. The topological polar surface area (TPSA) is 69.0 Å². The molecule has 0 aliphatic carbocycles. The van der Waals surface area contributed by atoms with Crippen molar-refractivity contribution in [3.63, 3.8) is 0 Å². The maximum Gasteiger partial charge on any atom is 0.375 e. The largest absolute Gasteiger partial charge is 0.463 e. The first kappa shape index (κ1) is 16.1. The maximum absolute atomic E-state index is 11.4. The highest BCUT2D eigenvalue weighted by Crippen LogP contribution is 2.18. The lowest BCUT2D eigenvalue weighted by Gasteiger charge is -2.23. The van der Waals surface area contributed by atoms with Crippen molar-refractivity contribution in [2.75, 3.05) is 20.2 Å². The van der Waals surface area contributed by atoms with E-state index < -0.39 is 5.97 Å². The van der Waals surface area contributed by atoms with Crippen LogP contribution in [0.3, 0.4) is 0 Å². The van der Waals surface area contributed by atoms with E-state index in [1.165, 1.54) is 13.4 Å². The summed E-state index contributed by atoms with van der Waals surface area (Å²) in [6, 6.07) is 0.253. The highest BCUT2D eigenvalue weighted by molar-refractivity contribution is 5.86. The molecule has 1 saturated heterocycles. The number of rotatable bonds is 2. The van der Waals surface area contributed by atoms with Gasteiger partial charge in [-0.25, -0.2) is 14.5 Å². The summed E-state index contributed by atoms with van der Waals surface area (Å²) in [6.07, 6.45) is 3.33. The zero-order valence-corrected chi connectivity index (χ0v) is 11.1. The molecular weight excluding hydrogens is 267 g/mol. The number of nitrogens with one attached hydrogen (secondary N) is 1. The lowest BCUT2D eigenvalue weighted by molar-refractivity contribution is 0.0574. The van der Waals surface area contributed by atoms with Crippen LogP contribution in [-0.4, -0.2) is 40.9 Å². The predicted molar refractivity (Wildman–Crippen MR) is 67.0 cm³/mol. The molecule has 0 atom stereocenters. The predicted octanol–water partition coefficient (Wildman–Crippen LogP) is 0.833. The SMILES string of the molecule is COC(=O)c1ncnn1C1CCNCC1.Cl.Cl. The summed E-state index contributed by atoms with van der Waals surface area (Å²) in [4.78, 5) is 15.3. The van der Waals surface area contributed by atoms with Crippen molar-refractivity contribution in [1.82, 2.24) is 20.1 Å². The Bertz CT molecular complexity index is 353. The van der Waals surface area contributed by atoms with Gasteiger partial charge in [0.1, 0.15) is 6.33 Å². The third-order valence-electron chi connectivity index (χ3n) is 2.60. The van der Waals surface area contributed by atoms with Gasteiger partial charge in [0.15, 0.2) is 0 Å². The number of aromatic nitrogens is 3. The molecule has 8 heteroatoms. The van der Waals surface area contributed by atoms with Crippen molar-refractivity contribution in [3.05, 3.63) is 12.2 Å². The molecule has 0 amide bonds. The van der Waals surface area contributed by atoms with Crippen LogP contribution in [0.15, 0.2) is 6.33 Å². The Balaban J connectivity index is 0.00000128. The Labute approximate surface area is 112 Å². The highest BCUT2D eigenvalue weighted by atomic mass is 35.5. The first-order chi connectivity index (χ1) is 7.33. The van der Waals surface area contributed by atoms with E-state index in [9.17, 15) is 4.79 Å². The molecule has 0 radical (unpaired) electrons. The Morgan fingerprint density at radius 3 is 2.71 bits per heavy atom. The van der Waals surface area contributed by atoms with Gasteiger partial charge < -0.3 is 10.1 Å². The van der Waals surface area contributed by atoms with E-state index in [2.05, 4.69) is 20.1 Å². The van der Waals surface area contributed by atoms with Crippen molar-refractivity contribution < 1.29 is 9.53 Å². The molecule has 1 aliphatic heterocycles. The van der Waals surface area contributed by atoms with Gasteiger partial charge in [0, 0.05) is 0 Å². The van der Waals surface area contributed by atoms with Crippen LogP contribution in [0.4, 0.5) is 0 Å². The van der Waals surface area contributed by atoms with Gasteiger partial charge in [0.2, 0.25) is 5.82 Å². The number of carbonyl (C=O) groups excluding carboxylic acids is 1. The summed E-state index contributed by atoms with van der Waals surface area (Å²) >= 11 is 0. The Morgan fingerprint density at radius 2 is 2.12 bits per heavy atom. The van der Waals surface area contributed by atoms with Crippen LogP contribution >= 0.6 is 24.8 Å². The van der Waals surface area contributed by atoms with Gasteiger partial charge in [-0.3, -0.25) is 0 Å². The van der Waals surface area contributed by atoms with E-state index in [-0.39, 0.29) is 30.9 Å². The number of ether oxygens (including phenoxy) is 1. The van der Waals surface area contributed by atoms with E-state index in [4.69, 9.17) is 0 Å². The number of halogens is 2. The Morgan fingerprint density at radius 1 is 1.47 bits per heavy atom.